The highest BCUT2D eigenvalue weighted by molar-refractivity contribution is 7.99. The van der Waals surface area contributed by atoms with Gasteiger partial charge < -0.3 is 10.5 Å². The highest BCUT2D eigenvalue weighted by atomic mass is 32.2. The van der Waals surface area contributed by atoms with Gasteiger partial charge in [-0.25, -0.2) is 18.7 Å². The van der Waals surface area contributed by atoms with E-state index in [-0.39, 0.29) is 17.1 Å². The van der Waals surface area contributed by atoms with E-state index in [4.69, 9.17) is 10.5 Å². The lowest BCUT2D eigenvalue weighted by Crippen LogP contribution is -2.12. The minimum atomic E-state index is -1.30. The number of methoxy groups -OCH3 is 1. The Morgan fingerprint density at radius 3 is 2.73 bits per heavy atom. The van der Waals surface area contributed by atoms with E-state index in [1.807, 2.05) is 6.92 Å². The fraction of sp³-hybridized carbons (Fsp3) is 0.214. The zero-order valence-corrected chi connectivity index (χ0v) is 12.7. The maximum Gasteiger partial charge on any atom is 0.205 e. The zero-order valence-electron chi connectivity index (χ0n) is 11.9. The van der Waals surface area contributed by atoms with Crippen LogP contribution < -0.4 is 10.5 Å². The van der Waals surface area contributed by atoms with E-state index in [1.165, 1.54) is 31.1 Å². The standard InChI is InChI=1S/C14H13F2N3O2S/c1-3-22-14-18-6-7(13(17)19-14)12(20)10-9(21-2)5-4-8(15)11(10)16/h4-6H,3H2,1-2H3,(H2,17,18,19). The highest BCUT2D eigenvalue weighted by Crippen LogP contribution is 2.28. The third-order valence-electron chi connectivity index (χ3n) is 2.82. The molecule has 0 saturated carbocycles. The Labute approximate surface area is 129 Å². The summed E-state index contributed by atoms with van der Waals surface area (Å²) < 4.78 is 32.3. The second kappa shape index (κ2) is 6.69. The van der Waals surface area contributed by atoms with Gasteiger partial charge >= 0.3 is 0 Å². The molecular weight excluding hydrogens is 312 g/mol. The fourth-order valence-electron chi connectivity index (χ4n) is 1.80. The molecule has 0 aliphatic carbocycles. The summed E-state index contributed by atoms with van der Waals surface area (Å²) in [7, 11) is 1.25. The monoisotopic (exact) mass is 325 g/mol. The van der Waals surface area contributed by atoms with Crippen molar-refractivity contribution >= 4 is 23.4 Å². The molecule has 1 aromatic carbocycles. The molecule has 1 aromatic heterocycles. The lowest BCUT2D eigenvalue weighted by molar-refractivity contribution is 0.103. The van der Waals surface area contributed by atoms with Crippen LogP contribution in [0.4, 0.5) is 14.6 Å². The molecule has 0 bridgehead atoms. The Kier molecular flexibility index (Phi) is 4.92. The molecule has 0 spiro atoms. The van der Waals surface area contributed by atoms with Gasteiger partial charge in [-0.1, -0.05) is 18.7 Å². The number of nitrogens with zero attached hydrogens (tertiary/aromatic N) is 2. The summed E-state index contributed by atoms with van der Waals surface area (Å²) in [5.41, 5.74) is 5.09. The van der Waals surface area contributed by atoms with Gasteiger partial charge in [-0.05, 0) is 17.9 Å². The van der Waals surface area contributed by atoms with Crippen molar-refractivity contribution in [2.75, 3.05) is 18.6 Å². The van der Waals surface area contributed by atoms with Crippen molar-refractivity contribution in [3.05, 3.63) is 41.1 Å². The molecule has 116 valence electrons. The summed E-state index contributed by atoms with van der Waals surface area (Å²) in [4.78, 5) is 20.4. The summed E-state index contributed by atoms with van der Waals surface area (Å²) in [5, 5.41) is 0.406. The first-order chi connectivity index (χ1) is 10.5. The number of aromatic nitrogens is 2. The van der Waals surface area contributed by atoms with Crippen LogP contribution in [-0.4, -0.2) is 28.6 Å². The largest absolute Gasteiger partial charge is 0.496 e. The molecule has 0 atom stereocenters. The van der Waals surface area contributed by atoms with E-state index in [9.17, 15) is 13.6 Å². The minimum absolute atomic E-state index is 0.0877. The first-order valence-corrected chi connectivity index (χ1v) is 7.30. The molecule has 2 aromatic rings. The number of rotatable bonds is 5. The van der Waals surface area contributed by atoms with Crippen LogP contribution in [0.15, 0.2) is 23.5 Å². The van der Waals surface area contributed by atoms with Gasteiger partial charge in [0.1, 0.15) is 17.1 Å². The second-order valence-electron chi connectivity index (χ2n) is 4.15. The number of ether oxygens (including phenoxy) is 1. The van der Waals surface area contributed by atoms with Crippen molar-refractivity contribution < 1.29 is 18.3 Å². The molecule has 22 heavy (non-hydrogen) atoms. The van der Waals surface area contributed by atoms with E-state index in [1.54, 1.807) is 0 Å². The van der Waals surface area contributed by atoms with Crippen LogP contribution in [0.2, 0.25) is 0 Å². The van der Waals surface area contributed by atoms with Crippen LogP contribution in [0.5, 0.6) is 5.75 Å². The van der Waals surface area contributed by atoms with E-state index >= 15 is 0 Å². The molecule has 5 nitrogen and oxygen atoms in total. The molecule has 0 aliphatic heterocycles. The fourth-order valence-corrected chi connectivity index (χ4v) is 2.35. The molecule has 0 radical (unpaired) electrons. The maximum absolute atomic E-state index is 14.0. The number of thioether (sulfide) groups is 1. The van der Waals surface area contributed by atoms with Crippen LogP contribution in [-0.2, 0) is 0 Å². The molecule has 0 unspecified atom stereocenters. The van der Waals surface area contributed by atoms with E-state index < -0.39 is 23.0 Å². The number of benzene rings is 1. The van der Waals surface area contributed by atoms with E-state index in [0.29, 0.717) is 5.16 Å². The van der Waals surface area contributed by atoms with Crippen LogP contribution in [0.1, 0.15) is 22.8 Å². The third kappa shape index (κ3) is 3.01. The normalized spacial score (nSPS) is 10.5. The zero-order chi connectivity index (χ0) is 16.3. The number of halogens is 2. The highest BCUT2D eigenvalue weighted by Gasteiger charge is 2.25. The maximum atomic E-state index is 14.0. The van der Waals surface area contributed by atoms with Gasteiger partial charge in [0.05, 0.1) is 12.7 Å². The van der Waals surface area contributed by atoms with Gasteiger partial charge in [0.15, 0.2) is 16.8 Å². The summed E-state index contributed by atoms with van der Waals surface area (Å²) in [6.45, 7) is 1.91. The first kappa shape index (κ1) is 16.2. The van der Waals surface area contributed by atoms with Gasteiger partial charge in [-0.15, -0.1) is 0 Å². The van der Waals surface area contributed by atoms with Crippen molar-refractivity contribution in [3.8, 4) is 5.75 Å². The van der Waals surface area contributed by atoms with Gasteiger partial charge in [-0.2, -0.15) is 0 Å². The number of ketones is 1. The number of hydrogen-bond acceptors (Lipinski definition) is 6. The predicted molar refractivity (Wildman–Crippen MR) is 79.2 cm³/mol. The molecule has 1 heterocycles. The number of anilines is 1. The van der Waals surface area contributed by atoms with E-state index in [2.05, 4.69) is 9.97 Å². The Balaban J connectivity index is 2.51. The molecule has 2 rings (SSSR count). The lowest BCUT2D eigenvalue weighted by Gasteiger charge is -2.10. The average Bonchev–Trinajstić information content (AvgIpc) is 2.49. The van der Waals surface area contributed by atoms with Crippen LogP contribution in [0, 0.1) is 11.6 Å². The Hall–Kier alpha value is -2.22. The van der Waals surface area contributed by atoms with Gasteiger partial charge in [0.25, 0.3) is 0 Å². The minimum Gasteiger partial charge on any atom is -0.496 e. The first-order valence-electron chi connectivity index (χ1n) is 6.31. The number of nitrogens with two attached hydrogens (primary N) is 1. The Morgan fingerprint density at radius 2 is 2.14 bits per heavy atom. The van der Waals surface area contributed by atoms with Crippen molar-refractivity contribution in [1.82, 2.24) is 9.97 Å². The average molecular weight is 325 g/mol. The van der Waals surface area contributed by atoms with Crippen molar-refractivity contribution in [2.24, 2.45) is 0 Å². The predicted octanol–water partition coefficient (Wildman–Crippen LogP) is 2.69. The van der Waals surface area contributed by atoms with E-state index in [0.717, 1.165) is 11.8 Å². The molecular formula is C14H13F2N3O2S. The molecule has 0 amide bonds. The molecule has 0 aliphatic rings. The Morgan fingerprint density at radius 1 is 1.41 bits per heavy atom. The van der Waals surface area contributed by atoms with Crippen molar-refractivity contribution in [1.29, 1.82) is 0 Å². The summed E-state index contributed by atoms with van der Waals surface area (Å²) in [6.07, 6.45) is 1.20. The summed E-state index contributed by atoms with van der Waals surface area (Å²) >= 11 is 1.35. The number of hydrogen-bond donors (Lipinski definition) is 1. The topological polar surface area (TPSA) is 78.1 Å². The van der Waals surface area contributed by atoms with Crippen LogP contribution in [0.3, 0.4) is 0 Å². The number of nitrogen functional groups attached to an aromatic ring is 1. The van der Waals surface area contributed by atoms with Crippen LogP contribution >= 0.6 is 11.8 Å². The molecule has 0 saturated heterocycles. The Bertz CT molecular complexity index is 725. The lowest BCUT2D eigenvalue weighted by atomic mass is 10.0. The number of carbonyl (C=O) groups is 1. The molecule has 0 fully saturated rings. The van der Waals surface area contributed by atoms with Gasteiger partial charge in [0, 0.05) is 6.20 Å². The second-order valence-corrected chi connectivity index (χ2v) is 5.38. The third-order valence-corrected chi connectivity index (χ3v) is 3.56. The van der Waals surface area contributed by atoms with Gasteiger partial charge in [0.2, 0.25) is 5.78 Å². The number of carbonyl (C=O) groups excluding carboxylic acids is 1. The summed E-state index contributed by atoms with van der Waals surface area (Å²) in [6, 6.07) is 2.05. The SMILES string of the molecule is CCSc1ncc(C(=O)c2c(OC)ccc(F)c2F)c(N)n1. The van der Waals surface area contributed by atoms with Crippen molar-refractivity contribution in [2.45, 2.75) is 12.1 Å². The summed E-state index contributed by atoms with van der Waals surface area (Å²) in [5.74, 6) is -2.73. The van der Waals surface area contributed by atoms with Crippen LogP contribution in [0.25, 0.3) is 0 Å². The quantitative estimate of drug-likeness (QED) is 0.517. The van der Waals surface area contributed by atoms with Crippen molar-refractivity contribution in [3.63, 3.8) is 0 Å². The van der Waals surface area contributed by atoms with Gasteiger partial charge in [-0.3, -0.25) is 4.79 Å². The smallest absolute Gasteiger partial charge is 0.205 e. The molecule has 8 heteroatoms. The molecule has 2 N–H and O–H groups in total.